The Morgan fingerprint density at radius 3 is 2.75 bits per heavy atom. The molecule has 2 aromatic rings. The maximum atomic E-state index is 11.3. The molecule has 0 N–H and O–H groups in total. The number of benzene rings is 2. The fourth-order valence-corrected chi connectivity index (χ4v) is 3.34. The normalized spacial score (nSPS) is 13.0. The number of aliphatic imine (C=N–C) groups is 1. The van der Waals surface area contributed by atoms with Crippen LogP contribution in [0.25, 0.3) is 0 Å². The van der Waals surface area contributed by atoms with Crippen molar-refractivity contribution in [2.45, 2.75) is 23.1 Å². The molecule has 0 aliphatic carbocycles. The first-order valence-corrected chi connectivity index (χ1v) is 7.57. The van der Waals surface area contributed by atoms with Crippen LogP contribution >= 0.6 is 23.4 Å². The molecule has 1 heterocycles. The smallest absolute Gasteiger partial charge is 0.252 e. The molecule has 20 heavy (non-hydrogen) atoms. The lowest BCUT2D eigenvalue weighted by molar-refractivity contribution is 0.108. The van der Waals surface area contributed by atoms with Crippen LogP contribution in [0.5, 0.6) is 0 Å². The zero-order valence-corrected chi connectivity index (χ0v) is 12.5. The predicted octanol–water partition coefficient (Wildman–Crippen LogP) is 5.06. The minimum Gasteiger partial charge on any atom is -0.276 e. The van der Waals surface area contributed by atoms with Crippen molar-refractivity contribution >= 4 is 40.0 Å². The van der Waals surface area contributed by atoms with Crippen LogP contribution in [-0.4, -0.2) is 11.0 Å². The van der Waals surface area contributed by atoms with Gasteiger partial charge in [-0.2, -0.15) is 0 Å². The van der Waals surface area contributed by atoms with Gasteiger partial charge in [-0.3, -0.25) is 9.79 Å². The second-order valence-corrected chi connectivity index (χ2v) is 5.89. The molecule has 2 nitrogen and oxygen atoms in total. The average molecular weight is 302 g/mol. The predicted molar refractivity (Wildman–Crippen MR) is 83.7 cm³/mol. The summed E-state index contributed by atoms with van der Waals surface area (Å²) in [6, 6.07) is 13.7. The quantitative estimate of drug-likeness (QED) is 0.725. The van der Waals surface area contributed by atoms with Gasteiger partial charge < -0.3 is 0 Å². The van der Waals surface area contributed by atoms with Gasteiger partial charge in [-0.05, 0) is 42.3 Å². The fraction of sp³-hybridized carbons (Fsp3) is 0.125. The summed E-state index contributed by atoms with van der Waals surface area (Å²) in [5.41, 5.74) is 3.49. The maximum Gasteiger partial charge on any atom is 0.252 e. The molecule has 1 aliphatic rings. The molecule has 0 aromatic heterocycles. The third kappa shape index (κ3) is 2.39. The van der Waals surface area contributed by atoms with Crippen molar-refractivity contribution in [2.75, 3.05) is 0 Å². The van der Waals surface area contributed by atoms with Gasteiger partial charge in [0.25, 0.3) is 5.24 Å². The standard InChI is InChI=1S/C16H12ClNOS/c1-2-12-11-5-3-4-6-14(11)20-15-8-7-10(16(17)19)9-13(15)18-12/h3-9H,2H2,1H3. The van der Waals surface area contributed by atoms with Gasteiger partial charge in [-0.15, -0.1) is 0 Å². The Morgan fingerprint density at radius 2 is 2.00 bits per heavy atom. The van der Waals surface area contributed by atoms with E-state index in [-0.39, 0.29) is 0 Å². The van der Waals surface area contributed by atoms with Crippen molar-refractivity contribution in [1.29, 1.82) is 0 Å². The highest BCUT2D eigenvalue weighted by atomic mass is 35.5. The molecule has 0 saturated heterocycles. The fourth-order valence-electron chi connectivity index (χ4n) is 2.20. The molecule has 100 valence electrons. The summed E-state index contributed by atoms with van der Waals surface area (Å²) in [6.45, 7) is 2.09. The molecule has 0 radical (unpaired) electrons. The lowest BCUT2D eigenvalue weighted by Crippen LogP contribution is -1.99. The minimum atomic E-state index is -0.451. The van der Waals surface area contributed by atoms with Crippen LogP contribution in [0.1, 0.15) is 29.3 Å². The summed E-state index contributed by atoms with van der Waals surface area (Å²) >= 11 is 7.23. The molecule has 0 atom stereocenters. The summed E-state index contributed by atoms with van der Waals surface area (Å²) < 4.78 is 0. The van der Waals surface area contributed by atoms with Crippen molar-refractivity contribution in [3.8, 4) is 0 Å². The van der Waals surface area contributed by atoms with Crippen LogP contribution in [0.3, 0.4) is 0 Å². The van der Waals surface area contributed by atoms with E-state index in [1.54, 1.807) is 23.9 Å². The Balaban J connectivity index is 2.20. The molecule has 0 amide bonds. The summed E-state index contributed by atoms with van der Waals surface area (Å²) in [5.74, 6) is 0. The third-order valence-electron chi connectivity index (χ3n) is 3.19. The lowest BCUT2D eigenvalue weighted by atomic mass is 10.1. The van der Waals surface area contributed by atoms with Crippen LogP contribution in [0.15, 0.2) is 57.2 Å². The van der Waals surface area contributed by atoms with Crippen molar-refractivity contribution < 1.29 is 4.79 Å². The number of hydrogen-bond donors (Lipinski definition) is 0. The minimum absolute atomic E-state index is 0.451. The number of rotatable bonds is 2. The lowest BCUT2D eigenvalue weighted by Gasteiger charge is -2.06. The first kappa shape index (κ1) is 13.4. The number of carbonyl (C=O) groups excluding carboxylic acids is 1. The van der Waals surface area contributed by atoms with Gasteiger partial charge in [0, 0.05) is 26.6 Å². The maximum absolute atomic E-state index is 11.3. The molecule has 3 rings (SSSR count). The van der Waals surface area contributed by atoms with Crippen molar-refractivity contribution in [2.24, 2.45) is 4.99 Å². The Kier molecular flexibility index (Phi) is 3.64. The number of hydrogen-bond acceptors (Lipinski definition) is 3. The zero-order valence-electron chi connectivity index (χ0n) is 10.9. The third-order valence-corrected chi connectivity index (χ3v) is 4.55. The van der Waals surface area contributed by atoms with Crippen LogP contribution < -0.4 is 0 Å². The van der Waals surface area contributed by atoms with E-state index in [0.717, 1.165) is 28.3 Å². The Labute approximate surface area is 126 Å². The summed E-state index contributed by atoms with van der Waals surface area (Å²) in [4.78, 5) is 18.3. The topological polar surface area (TPSA) is 29.4 Å². The van der Waals surface area contributed by atoms with Crippen LogP contribution in [0, 0.1) is 0 Å². The van der Waals surface area contributed by atoms with E-state index < -0.39 is 5.24 Å². The summed E-state index contributed by atoms with van der Waals surface area (Å²) in [5, 5.41) is -0.451. The van der Waals surface area contributed by atoms with Gasteiger partial charge in [-0.25, -0.2) is 0 Å². The molecule has 2 aromatic carbocycles. The number of halogens is 1. The first-order chi connectivity index (χ1) is 9.69. The first-order valence-electron chi connectivity index (χ1n) is 6.37. The molecule has 4 heteroatoms. The number of fused-ring (bicyclic) bond motifs is 2. The van der Waals surface area contributed by atoms with Crippen molar-refractivity contribution in [3.05, 3.63) is 53.6 Å². The molecule has 0 bridgehead atoms. The monoisotopic (exact) mass is 301 g/mol. The molecule has 0 fully saturated rings. The van der Waals surface area contributed by atoms with Gasteiger partial charge in [0.2, 0.25) is 0 Å². The SMILES string of the molecule is CCC1=Nc2cc(C(=O)Cl)ccc2Sc2ccccc21. The van der Waals surface area contributed by atoms with E-state index in [1.165, 1.54) is 4.90 Å². The van der Waals surface area contributed by atoms with Crippen molar-refractivity contribution in [3.63, 3.8) is 0 Å². The van der Waals surface area contributed by atoms with Gasteiger partial charge in [-0.1, -0.05) is 36.9 Å². The Morgan fingerprint density at radius 1 is 1.20 bits per heavy atom. The van der Waals surface area contributed by atoms with Crippen LogP contribution in [-0.2, 0) is 0 Å². The van der Waals surface area contributed by atoms with Gasteiger partial charge >= 0.3 is 0 Å². The highest BCUT2D eigenvalue weighted by molar-refractivity contribution is 7.99. The van der Waals surface area contributed by atoms with E-state index in [2.05, 4.69) is 19.1 Å². The second-order valence-electron chi connectivity index (χ2n) is 4.47. The molecule has 0 unspecified atom stereocenters. The van der Waals surface area contributed by atoms with Gasteiger partial charge in [0.15, 0.2) is 0 Å². The van der Waals surface area contributed by atoms with Gasteiger partial charge in [0.1, 0.15) is 0 Å². The molecular weight excluding hydrogens is 290 g/mol. The Bertz CT molecular complexity index is 724. The number of nitrogens with zero attached hydrogens (tertiary/aromatic N) is 1. The molecule has 0 spiro atoms. The highest BCUT2D eigenvalue weighted by Crippen LogP contribution is 2.41. The Hall–Kier alpha value is -1.58. The zero-order chi connectivity index (χ0) is 14.1. The number of carbonyl (C=O) groups is 1. The largest absolute Gasteiger partial charge is 0.276 e. The molecular formula is C16H12ClNOS. The molecule has 1 aliphatic heterocycles. The van der Waals surface area contributed by atoms with E-state index in [0.29, 0.717) is 5.56 Å². The van der Waals surface area contributed by atoms with E-state index >= 15 is 0 Å². The molecule has 0 saturated carbocycles. The van der Waals surface area contributed by atoms with Crippen LogP contribution in [0.4, 0.5) is 5.69 Å². The second kappa shape index (κ2) is 5.43. The average Bonchev–Trinajstić information content (AvgIpc) is 2.62. The van der Waals surface area contributed by atoms with Crippen molar-refractivity contribution in [1.82, 2.24) is 0 Å². The van der Waals surface area contributed by atoms with E-state index in [4.69, 9.17) is 16.6 Å². The van der Waals surface area contributed by atoms with E-state index in [9.17, 15) is 4.79 Å². The summed E-state index contributed by atoms with van der Waals surface area (Å²) in [6.07, 6.45) is 0.843. The summed E-state index contributed by atoms with van der Waals surface area (Å²) in [7, 11) is 0. The van der Waals surface area contributed by atoms with E-state index in [1.807, 2.05) is 18.2 Å². The van der Waals surface area contributed by atoms with Gasteiger partial charge in [0.05, 0.1) is 5.69 Å². The van der Waals surface area contributed by atoms with Crippen LogP contribution in [0.2, 0.25) is 0 Å². The highest BCUT2D eigenvalue weighted by Gasteiger charge is 2.17.